The Balaban J connectivity index is -0.0000000233. The molecule has 0 spiro atoms. The first-order valence-corrected chi connectivity index (χ1v) is 2.69. The third kappa shape index (κ3) is 164. The quantitative estimate of drug-likeness (QED) is 0.183. The molecule has 0 aliphatic rings. The van der Waals surface area contributed by atoms with Crippen molar-refractivity contribution in [1.29, 1.82) is 0 Å². The fourth-order valence-electron chi connectivity index (χ4n) is 0. The zero-order valence-electron chi connectivity index (χ0n) is 5.01. The molecule has 0 bridgehead atoms. The van der Waals surface area contributed by atoms with Gasteiger partial charge in [-0.15, -0.1) is 0 Å². The molecule has 0 heterocycles. The van der Waals surface area contributed by atoms with Gasteiger partial charge in [0.25, 0.3) is 11.4 Å². The predicted molar refractivity (Wildman–Crippen MR) is 27.4 cm³/mol. The molecule has 48 valence electrons. The molecule has 8 heavy (non-hydrogen) atoms. The summed E-state index contributed by atoms with van der Waals surface area (Å²) in [4.78, 5) is 0. The van der Waals surface area contributed by atoms with Gasteiger partial charge in [0.2, 0.25) is 0 Å². The third-order valence-electron chi connectivity index (χ3n) is 0. The van der Waals surface area contributed by atoms with E-state index in [1.807, 2.05) is 0 Å². The van der Waals surface area contributed by atoms with E-state index >= 15 is 0 Å². The molecular weight excluding hydrogens is 167 g/mol. The summed E-state index contributed by atoms with van der Waals surface area (Å²) >= 11 is -2.86. The molecule has 0 amide bonds. The summed E-state index contributed by atoms with van der Waals surface area (Å²) < 4.78 is 36.9. The summed E-state index contributed by atoms with van der Waals surface area (Å²) in [5.41, 5.74) is 0. The summed E-state index contributed by atoms with van der Waals surface area (Å²) in [5.74, 6) is 0. The van der Waals surface area contributed by atoms with E-state index in [9.17, 15) is 0 Å². The molecule has 0 atom stereocenters. The summed E-state index contributed by atoms with van der Waals surface area (Å²) in [6.07, 6.45) is 0. The maximum absolute atomic E-state index is 8.67. The van der Waals surface area contributed by atoms with E-state index in [-0.39, 0.29) is 43.3 Å². The fraction of sp³-hybridized carbons (Fsp3) is 0. The molecule has 4 N–H and O–H groups in total. The van der Waals surface area contributed by atoms with Gasteiger partial charge in [-0.25, -0.2) is 0 Å². The van der Waals surface area contributed by atoms with Gasteiger partial charge >= 0.3 is 29.6 Å². The van der Waals surface area contributed by atoms with Crippen LogP contribution < -0.4 is 29.6 Å². The molecule has 8 heteroatoms. The summed E-state index contributed by atoms with van der Waals surface area (Å²) in [6.45, 7) is 0. The number of hydrogen-bond acceptors (Lipinski definition) is 4. The Hall–Kier alpha value is 1.34. The van der Waals surface area contributed by atoms with Gasteiger partial charge < -0.3 is 10.5 Å². The normalized spacial score (nSPS) is 6.62. The van der Waals surface area contributed by atoms with Crippen molar-refractivity contribution in [3.8, 4) is 0 Å². The van der Waals surface area contributed by atoms with Gasteiger partial charge in [0, 0.05) is 0 Å². The van der Waals surface area contributed by atoms with Crippen molar-refractivity contribution in [2.24, 2.45) is 0 Å². The Morgan fingerprint density at radius 1 is 1.38 bits per heavy atom. The van der Waals surface area contributed by atoms with Crippen LogP contribution in [0.3, 0.4) is 0 Å². The van der Waals surface area contributed by atoms with Gasteiger partial charge in [0.05, 0.1) is 0 Å². The number of hydrogen-bond donors (Lipinski definition) is 4. The van der Waals surface area contributed by atoms with Gasteiger partial charge in [0.1, 0.15) is 0 Å². The van der Waals surface area contributed by atoms with Crippen LogP contribution in [0.4, 0.5) is 0 Å². The van der Waals surface area contributed by atoms with E-state index in [1.165, 1.54) is 0 Å². The van der Waals surface area contributed by atoms with Gasteiger partial charge in [-0.05, 0) is 0 Å². The largest absolute Gasteiger partial charge is 1.00 e. The smallest absolute Gasteiger partial charge is 1.00 e. The molecular formula is H5NaO5S2. The molecule has 0 aromatic heterocycles. The molecule has 0 saturated carbocycles. The first-order chi connectivity index (χ1) is 3.15. The maximum Gasteiger partial charge on any atom is 1.00 e. The van der Waals surface area contributed by atoms with Crippen molar-refractivity contribution in [1.82, 2.24) is 0 Å². The Morgan fingerprint density at radius 2 is 1.38 bits per heavy atom. The molecule has 0 saturated heterocycles. The molecule has 0 radical (unpaired) electrons. The minimum Gasteiger partial charge on any atom is -1.00 e. The van der Waals surface area contributed by atoms with Crippen LogP contribution in [0.1, 0.15) is 1.43 Å². The SMILES string of the molecule is O=S(O)O.OSO.[H-].[Na+]. The van der Waals surface area contributed by atoms with Crippen LogP contribution in [-0.4, -0.2) is 22.4 Å². The minimum atomic E-state index is -2.61. The summed E-state index contributed by atoms with van der Waals surface area (Å²) in [7, 11) is 0. The third-order valence-corrected chi connectivity index (χ3v) is 0. The zero-order chi connectivity index (χ0) is 6.28. The van der Waals surface area contributed by atoms with Crippen LogP contribution >= 0.6 is 12.3 Å². The molecule has 0 unspecified atom stereocenters. The van der Waals surface area contributed by atoms with E-state index < -0.39 is 11.4 Å². The van der Waals surface area contributed by atoms with Gasteiger partial charge in [-0.3, -0.25) is 9.11 Å². The van der Waals surface area contributed by atoms with E-state index in [0.717, 1.165) is 0 Å². The average molecular weight is 172 g/mol. The van der Waals surface area contributed by atoms with Crippen LogP contribution in [-0.2, 0) is 11.4 Å². The van der Waals surface area contributed by atoms with Crippen LogP contribution in [0.25, 0.3) is 0 Å². The Labute approximate surface area is 76.8 Å². The first-order valence-electron chi connectivity index (χ1n) is 0.897. The molecule has 0 rings (SSSR count). The van der Waals surface area contributed by atoms with Crippen LogP contribution in [0.15, 0.2) is 0 Å². The molecule has 0 fully saturated rings. The Bertz CT molecular complexity index is 46.2. The molecule has 0 aromatic rings. The zero-order valence-corrected chi connectivity index (χ0v) is 7.65. The maximum atomic E-state index is 8.67. The van der Waals surface area contributed by atoms with Gasteiger partial charge in [0.15, 0.2) is 12.3 Å². The van der Waals surface area contributed by atoms with E-state index in [2.05, 4.69) is 0 Å². The second kappa shape index (κ2) is 15.8. The molecule has 5 nitrogen and oxygen atoms in total. The Morgan fingerprint density at radius 3 is 1.38 bits per heavy atom. The van der Waals surface area contributed by atoms with E-state index in [4.69, 9.17) is 22.4 Å². The van der Waals surface area contributed by atoms with Crippen molar-refractivity contribution in [3.63, 3.8) is 0 Å². The summed E-state index contributed by atoms with van der Waals surface area (Å²) in [6, 6.07) is 0. The Kier molecular flexibility index (Phi) is 31.8. The van der Waals surface area contributed by atoms with Gasteiger partial charge in [-0.1, -0.05) is 0 Å². The monoisotopic (exact) mass is 172 g/mol. The standard InChI is InChI=1S/Na.H2O3S.H2O2S.H/c;1-4(2)3;1-3-2;/h;(H2,1,2,3);1-2H;/q+1;;;-1. The van der Waals surface area contributed by atoms with Crippen molar-refractivity contribution in [3.05, 3.63) is 0 Å². The second-order valence-corrected chi connectivity index (χ2v) is 0.937. The van der Waals surface area contributed by atoms with Crippen molar-refractivity contribution < 1.29 is 53.4 Å². The van der Waals surface area contributed by atoms with Crippen LogP contribution in [0.2, 0.25) is 0 Å². The van der Waals surface area contributed by atoms with Crippen molar-refractivity contribution in [2.75, 3.05) is 0 Å². The van der Waals surface area contributed by atoms with E-state index in [0.29, 0.717) is 0 Å². The predicted octanol–water partition coefficient (Wildman–Crippen LogP) is -2.54. The molecule has 0 aromatic carbocycles. The number of rotatable bonds is 0. The van der Waals surface area contributed by atoms with Gasteiger partial charge in [-0.2, -0.15) is 4.21 Å². The molecule has 0 aliphatic carbocycles. The van der Waals surface area contributed by atoms with Crippen molar-refractivity contribution in [2.45, 2.75) is 0 Å². The van der Waals surface area contributed by atoms with Crippen LogP contribution in [0.5, 0.6) is 0 Å². The average Bonchev–Trinajstić information content (AvgIpc) is 1.33. The van der Waals surface area contributed by atoms with Crippen molar-refractivity contribution >= 4 is 23.7 Å². The topological polar surface area (TPSA) is 98.0 Å². The van der Waals surface area contributed by atoms with E-state index in [1.54, 1.807) is 0 Å². The molecule has 0 aliphatic heterocycles. The fourth-order valence-corrected chi connectivity index (χ4v) is 0. The first kappa shape index (κ1) is 16.2. The summed E-state index contributed by atoms with van der Waals surface area (Å²) in [5, 5.41) is 0. The minimum absolute atomic E-state index is 0. The second-order valence-electron chi connectivity index (χ2n) is 0.312. The van der Waals surface area contributed by atoms with Crippen LogP contribution in [0, 0.1) is 0 Å².